The molecule has 0 spiro atoms. The Morgan fingerprint density at radius 2 is 0.684 bits per heavy atom. The highest BCUT2D eigenvalue weighted by Gasteiger charge is 2.20. The van der Waals surface area contributed by atoms with Crippen molar-refractivity contribution in [2.75, 3.05) is 13.2 Å². The number of carbonyl (C=O) groups excluding carboxylic acids is 2. The van der Waals surface area contributed by atoms with Crippen LogP contribution in [0.2, 0.25) is 0 Å². The van der Waals surface area contributed by atoms with Gasteiger partial charge in [0.15, 0.2) is 0 Å². The zero-order chi connectivity index (χ0) is 55.0. The molecule has 76 heavy (non-hydrogen) atoms. The molecule has 0 aromatic heterocycles. The van der Waals surface area contributed by atoms with Gasteiger partial charge in [-0.15, -0.1) is 0 Å². The number of aliphatic hydroxyl groups excluding tert-OH is 2. The second-order valence-electron chi connectivity index (χ2n) is 23.9. The van der Waals surface area contributed by atoms with Crippen molar-refractivity contribution in [3.8, 4) is 0 Å². The van der Waals surface area contributed by atoms with Gasteiger partial charge in [0.1, 0.15) is 0 Å². The fourth-order valence-electron chi connectivity index (χ4n) is 11.0. The lowest BCUT2D eigenvalue weighted by Gasteiger charge is -2.22. The number of esters is 1. The van der Waals surface area contributed by atoms with Crippen LogP contribution in [0.1, 0.15) is 386 Å². The first-order chi connectivity index (χ1) is 37.5. The van der Waals surface area contributed by atoms with Crippen LogP contribution in [0.5, 0.6) is 0 Å². The van der Waals surface area contributed by atoms with Gasteiger partial charge in [0.05, 0.1) is 25.4 Å². The predicted molar refractivity (Wildman–Crippen MR) is 333 cm³/mol. The number of aliphatic hydroxyl groups is 2. The van der Waals surface area contributed by atoms with E-state index in [-0.39, 0.29) is 18.5 Å². The van der Waals surface area contributed by atoms with Crippen LogP contribution < -0.4 is 5.32 Å². The minimum Gasteiger partial charge on any atom is -0.466 e. The van der Waals surface area contributed by atoms with Crippen molar-refractivity contribution >= 4 is 11.9 Å². The first-order valence-electron chi connectivity index (χ1n) is 34.6. The van der Waals surface area contributed by atoms with E-state index in [1.54, 1.807) is 0 Å². The van der Waals surface area contributed by atoms with Gasteiger partial charge < -0.3 is 20.3 Å². The van der Waals surface area contributed by atoms with E-state index in [0.29, 0.717) is 25.9 Å². The summed E-state index contributed by atoms with van der Waals surface area (Å²) < 4.78 is 5.48. The van der Waals surface area contributed by atoms with E-state index >= 15 is 0 Å². The Bertz CT molecular complexity index is 1190. The van der Waals surface area contributed by atoms with Gasteiger partial charge in [-0.2, -0.15) is 0 Å². The van der Waals surface area contributed by atoms with Crippen LogP contribution >= 0.6 is 0 Å². The molecule has 0 rings (SSSR count). The lowest BCUT2D eigenvalue weighted by atomic mass is 10.0. The summed E-state index contributed by atoms with van der Waals surface area (Å²) in [5.74, 6) is -0.0218. The van der Waals surface area contributed by atoms with Crippen LogP contribution in [0.15, 0.2) is 24.3 Å². The molecular formula is C70H135NO5. The molecule has 0 aliphatic heterocycles. The van der Waals surface area contributed by atoms with Crippen LogP contribution in [0.3, 0.4) is 0 Å². The number of carbonyl (C=O) groups is 2. The topological polar surface area (TPSA) is 95.9 Å². The van der Waals surface area contributed by atoms with Crippen molar-refractivity contribution in [1.29, 1.82) is 0 Å². The molecule has 6 nitrogen and oxygen atoms in total. The lowest BCUT2D eigenvalue weighted by molar-refractivity contribution is -0.143. The average molecular weight is 1070 g/mol. The molecule has 2 unspecified atom stereocenters. The van der Waals surface area contributed by atoms with E-state index in [9.17, 15) is 19.8 Å². The van der Waals surface area contributed by atoms with Gasteiger partial charge in [0.2, 0.25) is 5.91 Å². The Labute approximate surface area is 475 Å². The molecule has 0 saturated heterocycles. The highest BCUT2D eigenvalue weighted by Crippen LogP contribution is 2.19. The van der Waals surface area contributed by atoms with E-state index in [4.69, 9.17) is 4.74 Å². The van der Waals surface area contributed by atoms with E-state index in [1.165, 1.54) is 302 Å². The fourth-order valence-corrected chi connectivity index (χ4v) is 11.0. The third kappa shape index (κ3) is 61.6. The first-order valence-corrected chi connectivity index (χ1v) is 34.6. The minimum atomic E-state index is -0.657. The standard InChI is InChI=1S/C70H135NO5/c1-3-5-7-9-11-13-14-40-44-48-52-56-60-64-70(75)76-65-61-57-53-49-45-42-39-37-35-33-31-29-27-25-23-21-19-17-15-16-18-20-22-24-26-28-30-32-34-36-38-41-43-47-51-55-59-63-69(74)71-67(66-72)68(73)62-58-54-50-46-12-10-8-6-4-2/h7,9,13-14,67-68,72-73H,3-6,8,10-12,15-66H2,1-2H3,(H,71,74)/b9-7-,14-13-. The maximum absolute atomic E-state index is 12.4. The summed E-state index contributed by atoms with van der Waals surface area (Å²) in [6.45, 7) is 4.89. The zero-order valence-corrected chi connectivity index (χ0v) is 51.5. The van der Waals surface area contributed by atoms with Gasteiger partial charge in [0.25, 0.3) is 0 Å². The molecule has 2 atom stereocenters. The molecule has 0 aliphatic carbocycles. The first kappa shape index (κ1) is 74.3. The number of unbranched alkanes of at least 4 members (excludes halogenated alkanes) is 50. The summed E-state index contributed by atoms with van der Waals surface area (Å²) in [4.78, 5) is 24.5. The Morgan fingerprint density at radius 3 is 1.05 bits per heavy atom. The Balaban J connectivity index is 3.26. The van der Waals surface area contributed by atoms with Crippen LogP contribution in [0.4, 0.5) is 0 Å². The Morgan fingerprint density at radius 1 is 0.368 bits per heavy atom. The molecular weight excluding hydrogens is 935 g/mol. The van der Waals surface area contributed by atoms with Crippen molar-refractivity contribution in [3.63, 3.8) is 0 Å². The number of ether oxygens (including phenoxy) is 1. The highest BCUT2D eigenvalue weighted by molar-refractivity contribution is 5.76. The molecule has 1 amide bonds. The van der Waals surface area contributed by atoms with Gasteiger partial charge >= 0.3 is 5.97 Å². The third-order valence-electron chi connectivity index (χ3n) is 16.2. The molecule has 0 aromatic carbocycles. The maximum Gasteiger partial charge on any atom is 0.305 e. The number of allylic oxidation sites excluding steroid dienone is 4. The number of hydrogen-bond donors (Lipinski definition) is 3. The molecule has 0 fully saturated rings. The minimum absolute atomic E-state index is 0.00818. The smallest absolute Gasteiger partial charge is 0.305 e. The number of amides is 1. The molecule has 3 N–H and O–H groups in total. The third-order valence-corrected chi connectivity index (χ3v) is 16.2. The summed E-state index contributed by atoms with van der Waals surface area (Å²) in [7, 11) is 0. The normalized spacial score (nSPS) is 12.6. The molecule has 0 heterocycles. The van der Waals surface area contributed by atoms with Crippen LogP contribution in [-0.4, -0.2) is 47.4 Å². The number of rotatable bonds is 65. The lowest BCUT2D eigenvalue weighted by Crippen LogP contribution is -2.45. The number of nitrogens with one attached hydrogen (secondary N) is 1. The Kier molecular flexibility index (Phi) is 64.4. The second kappa shape index (κ2) is 65.9. The van der Waals surface area contributed by atoms with Gasteiger partial charge in [-0.25, -0.2) is 0 Å². The van der Waals surface area contributed by atoms with Crippen molar-refractivity contribution in [2.45, 2.75) is 398 Å². The largest absolute Gasteiger partial charge is 0.466 e. The van der Waals surface area contributed by atoms with Gasteiger partial charge in [-0.3, -0.25) is 9.59 Å². The molecule has 0 radical (unpaired) electrons. The second-order valence-corrected chi connectivity index (χ2v) is 23.9. The molecule has 6 heteroatoms. The van der Waals surface area contributed by atoms with E-state index in [2.05, 4.69) is 43.5 Å². The summed E-state index contributed by atoms with van der Waals surface area (Å²) >= 11 is 0. The summed E-state index contributed by atoms with van der Waals surface area (Å²) in [6, 6.07) is -0.534. The highest BCUT2D eigenvalue weighted by atomic mass is 16.5. The molecule has 0 aromatic rings. The van der Waals surface area contributed by atoms with E-state index in [0.717, 1.165) is 51.4 Å². The van der Waals surface area contributed by atoms with Crippen LogP contribution in [0, 0.1) is 0 Å². The van der Waals surface area contributed by atoms with Crippen molar-refractivity contribution < 1.29 is 24.5 Å². The van der Waals surface area contributed by atoms with E-state index in [1.807, 2.05) is 0 Å². The number of hydrogen-bond acceptors (Lipinski definition) is 5. The molecule has 0 saturated carbocycles. The fraction of sp³-hybridized carbons (Fsp3) is 0.914. The SMILES string of the molecule is CCC/C=C\C/C=C\CCCCCCCC(=O)OCCCCCCCCCCCCCCCCCCCCCCCCCCCCCCCCCCCCCCCC(=O)NC(CO)C(O)CCCCCCCCCCC. The maximum atomic E-state index is 12.4. The summed E-state index contributed by atoms with van der Waals surface area (Å²) in [5, 5.41) is 23.1. The van der Waals surface area contributed by atoms with Gasteiger partial charge in [0, 0.05) is 12.8 Å². The zero-order valence-electron chi connectivity index (χ0n) is 51.5. The van der Waals surface area contributed by atoms with Crippen LogP contribution in [0.25, 0.3) is 0 Å². The molecule has 450 valence electrons. The van der Waals surface area contributed by atoms with E-state index < -0.39 is 12.1 Å². The summed E-state index contributed by atoms with van der Waals surface area (Å²) in [5.41, 5.74) is 0. The quantitative estimate of drug-likeness (QED) is 0.0320. The molecule has 0 aliphatic rings. The van der Waals surface area contributed by atoms with Crippen molar-refractivity contribution in [3.05, 3.63) is 24.3 Å². The molecule has 0 bridgehead atoms. The van der Waals surface area contributed by atoms with Crippen molar-refractivity contribution in [1.82, 2.24) is 5.32 Å². The predicted octanol–water partition coefficient (Wildman–Crippen LogP) is 22.1. The van der Waals surface area contributed by atoms with Gasteiger partial charge in [-0.05, 0) is 51.4 Å². The van der Waals surface area contributed by atoms with Crippen LogP contribution in [-0.2, 0) is 14.3 Å². The average Bonchev–Trinajstić information content (AvgIpc) is 3.42. The van der Waals surface area contributed by atoms with Gasteiger partial charge in [-0.1, -0.05) is 346 Å². The summed E-state index contributed by atoms with van der Waals surface area (Å²) in [6.07, 6.45) is 82.6. The monoisotopic (exact) mass is 1070 g/mol. The Hall–Kier alpha value is -1.66. The van der Waals surface area contributed by atoms with Crippen molar-refractivity contribution in [2.24, 2.45) is 0 Å².